The fourth-order valence-electron chi connectivity index (χ4n) is 9.33. The topological polar surface area (TPSA) is 145 Å². The van der Waals surface area contributed by atoms with E-state index in [1.165, 1.54) is 0 Å². The maximum absolute atomic E-state index is 13.6. The molecule has 0 spiro atoms. The molecule has 6 atom stereocenters. The molecule has 2 bridgehead atoms. The van der Waals surface area contributed by atoms with Gasteiger partial charge in [0.25, 0.3) is 0 Å². The number of likely N-dealkylation sites (tertiary alicyclic amines) is 1. The maximum Gasteiger partial charge on any atom is 0.481 e. The van der Waals surface area contributed by atoms with E-state index in [0.717, 1.165) is 47.9 Å². The third-order valence-corrected chi connectivity index (χ3v) is 12.1. The van der Waals surface area contributed by atoms with Crippen LogP contribution in [-0.2, 0) is 28.4 Å². The zero-order chi connectivity index (χ0) is 37.0. The summed E-state index contributed by atoms with van der Waals surface area (Å²) in [6.07, 6.45) is 2.09. The lowest BCUT2D eigenvalue weighted by Crippen LogP contribution is -2.65. The fraction of sp³-hybridized carbons (Fsp3) is 0.590. The van der Waals surface area contributed by atoms with Crippen molar-refractivity contribution in [1.82, 2.24) is 20.9 Å². The second-order valence-corrected chi connectivity index (χ2v) is 16.8. The van der Waals surface area contributed by atoms with Gasteiger partial charge in [-0.2, -0.15) is 0 Å². The van der Waals surface area contributed by atoms with Crippen molar-refractivity contribution in [3.63, 3.8) is 0 Å². The molecule has 2 aromatic carbocycles. The summed E-state index contributed by atoms with van der Waals surface area (Å²) >= 11 is 0. The Kier molecular flexibility index (Phi) is 9.56. The molecule has 2 aromatic rings. The van der Waals surface area contributed by atoms with Gasteiger partial charge in [0.05, 0.1) is 30.7 Å². The van der Waals surface area contributed by atoms with Gasteiger partial charge in [-0.15, -0.1) is 0 Å². The normalized spacial score (nSPS) is 27.4. The van der Waals surface area contributed by atoms with E-state index in [0.29, 0.717) is 18.4 Å². The van der Waals surface area contributed by atoms with Crippen molar-refractivity contribution >= 4 is 31.1 Å². The molecular formula is C39H51BN4O8. The van der Waals surface area contributed by atoms with Crippen LogP contribution in [0.5, 0.6) is 0 Å². The minimum absolute atomic E-state index is 0.00810. The Balaban J connectivity index is 0.969. The molecule has 4 aliphatic carbocycles. The Morgan fingerprint density at radius 2 is 1.63 bits per heavy atom. The van der Waals surface area contributed by atoms with Gasteiger partial charge in [-0.05, 0) is 92.9 Å². The Labute approximate surface area is 306 Å². The van der Waals surface area contributed by atoms with Gasteiger partial charge in [0.15, 0.2) is 0 Å². The first kappa shape index (κ1) is 36.3. The number of nitrogens with zero attached hydrogens (tertiary/aromatic N) is 1. The second kappa shape index (κ2) is 13.7. The molecule has 6 aliphatic rings. The summed E-state index contributed by atoms with van der Waals surface area (Å²) in [6, 6.07) is 14.8. The van der Waals surface area contributed by atoms with E-state index in [1.54, 1.807) is 25.7 Å². The smallest absolute Gasteiger partial charge is 0.449 e. The van der Waals surface area contributed by atoms with E-state index in [-0.39, 0.29) is 54.6 Å². The molecule has 4 amide bonds. The summed E-state index contributed by atoms with van der Waals surface area (Å²) < 4.78 is 24.2. The minimum atomic E-state index is -1.25. The zero-order valence-electron chi connectivity index (χ0n) is 31.0. The highest BCUT2D eigenvalue weighted by molar-refractivity contribution is 6.48. The number of hydrogen-bond donors (Lipinski definition) is 3. The minimum Gasteiger partial charge on any atom is -0.449 e. The van der Waals surface area contributed by atoms with Crippen LogP contribution < -0.4 is 16.0 Å². The predicted molar refractivity (Wildman–Crippen MR) is 194 cm³/mol. The van der Waals surface area contributed by atoms with Crippen LogP contribution in [0, 0.1) is 17.3 Å². The molecule has 12 nitrogen and oxygen atoms in total. The molecule has 2 heterocycles. The Hall–Kier alpha value is -4.10. The van der Waals surface area contributed by atoms with E-state index >= 15 is 0 Å². The summed E-state index contributed by atoms with van der Waals surface area (Å²) in [7, 11) is -0.520. The number of rotatable bonds is 9. The molecule has 5 unspecified atom stereocenters. The molecule has 8 rings (SSSR count). The highest BCUT2D eigenvalue weighted by atomic mass is 16.7. The predicted octanol–water partition coefficient (Wildman–Crippen LogP) is 4.79. The molecule has 0 aromatic heterocycles. The summed E-state index contributed by atoms with van der Waals surface area (Å²) in [5.74, 6) is -0.318. The number of amides is 4. The van der Waals surface area contributed by atoms with Crippen LogP contribution in [-0.4, -0.2) is 91.5 Å². The lowest BCUT2D eigenvalue weighted by Gasteiger charge is -2.64. The average molecular weight is 715 g/mol. The van der Waals surface area contributed by atoms with Gasteiger partial charge in [-0.1, -0.05) is 62.4 Å². The van der Waals surface area contributed by atoms with E-state index in [1.807, 2.05) is 48.5 Å². The molecule has 2 aliphatic heterocycles. The number of benzene rings is 2. The molecule has 13 heteroatoms. The molecule has 2 saturated heterocycles. The van der Waals surface area contributed by atoms with E-state index in [4.69, 9.17) is 18.8 Å². The van der Waals surface area contributed by atoms with Crippen molar-refractivity contribution < 1.29 is 38.0 Å². The third-order valence-electron chi connectivity index (χ3n) is 12.1. The number of nitrogens with one attached hydrogen (secondary N) is 3. The summed E-state index contributed by atoms with van der Waals surface area (Å²) in [6.45, 7) is 12.0. The van der Waals surface area contributed by atoms with Crippen molar-refractivity contribution in [2.24, 2.45) is 17.3 Å². The van der Waals surface area contributed by atoms with Crippen LogP contribution >= 0.6 is 0 Å². The molecule has 3 saturated carbocycles. The van der Waals surface area contributed by atoms with Crippen molar-refractivity contribution in [3.05, 3.63) is 59.7 Å². The Bertz CT molecular complexity index is 1680. The highest BCUT2D eigenvalue weighted by Gasteiger charge is 2.69. The monoisotopic (exact) mass is 714 g/mol. The Morgan fingerprint density at radius 3 is 2.29 bits per heavy atom. The SMILES string of the molecule is CC(C)(C)OC(=O)NCC(NC(=O)OCC1c2ccccc2-c2ccccc21)C(=O)NCC(=O)N1CCCC1B1OC2C[C@H]3CC(C2(C)O1)C3(C)C. The lowest BCUT2D eigenvalue weighted by atomic mass is 9.43. The first-order chi connectivity index (χ1) is 24.7. The first-order valence-electron chi connectivity index (χ1n) is 18.6. The number of ether oxygens (including phenoxy) is 2. The lowest BCUT2D eigenvalue weighted by molar-refractivity contribution is -0.199. The quantitative estimate of drug-likeness (QED) is 0.315. The molecule has 3 N–H and O–H groups in total. The summed E-state index contributed by atoms with van der Waals surface area (Å²) in [5, 5.41) is 7.83. The van der Waals surface area contributed by atoms with E-state index in [2.05, 4.69) is 36.7 Å². The van der Waals surface area contributed by atoms with Crippen molar-refractivity contribution in [1.29, 1.82) is 0 Å². The molecule has 0 radical (unpaired) electrons. The second-order valence-electron chi connectivity index (χ2n) is 16.8. The Morgan fingerprint density at radius 1 is 0.962 bits per heavy atom. The fourth-order valence-corrected chi connectivity index (χ4v) is 9.33. The number of fused-ring (bicyclic) bond motifs is 3. The van der Waals surface area contributed by atoms with Crippen LogP contribution in [0.3, 0.4) is 0 Å². The number of carbonyl (C=O) groups is 4. The van der Waals surface area contributed by atoms with Gasteiger partial charge in [-0.3, -0.25) is 9.59 Å². The van der Waals surface area contributed by atoms with Gasteiger partial charge in [0.1, 0.15) is 18.2 Å². The van der Waals surface area contributed by atoms with Gasteiger partial charge in [0.2, 0.25) is 11.8 Å². The highest BCUT2D eigenvalue weighted by Crippen LogP contribution is 2.66. The third kappa shape index (κ3) is 6.77. The standard InChI is InChI=1S/C39H51BN4O8/c1-37(2,3)50-35(47)42-20-29(43-36(48)49-22-28-26-14-9-7-12-24(26)25-13-8-10-15-27(25)28)34(46)41-21-33(45)44-17-11-16-32(44)40-51-31-19-23-18-30(38(23,4)5)39(31,6)52-40/h7-10,12-15,23,28-32H,11,16-22H2,1-6H3,(H,41,46)(H,42,47)(H,43,48)/t23-,29?,30?,31?,32?,39?/m1/s1. The molecule has 5 fully saturated rings. The van der Waals surface area contributed by atoms with Gasteiger partial charge < -0.3 is 39.6 Å². The number of alkyl carbamates (subject to hydrolysis) is 2. The van der Waals surface area contributed by atoms with Crippen LogP contribution in [0.15, 0.2) is 48.5 Å². The summed E-state index contributed by atoms with van der Waals surface area (Å²) in [4.78, 5) is 54.6. The average Bonchev–Trinajstić information content (AvgIpc) is 3.81. The van der Waals surface area contributed by atoms with E-state index < -0.39 is 36.9 Å². The van der Waals surface area contributed by atoms with Crippen LogP contribution in [0.2, 0.25) is 0 Å². The molecular weight excluding hydrogens is 663 g/mol. The van der Waals surface area contributed by atoms with Gasteiger partial charge in [-0.25, -0.2) is 9.59 Å². The van der Waals surface area contributed by atoms with Crippen LogP contribution in [0.25, 0.3) is 11.1 Å². The summed E-state index contributed by atoms with van der Waals surface area (Å²) in [5.41, 5.74) is 3.36. The van der Waals surface area contributed by atoms with Crippen molar-refractivity contribution in [3.8, 4) is 11.1 Å². The van der Waals surface area contributed by atoms with E-state index in [9.17, 15) is 19.2 Å². The van der Waals surface area contributed by atoms with Crippen LogP contribution in [0.1, 0.15) is 84.3 Å². The van der Waals surface area contributed by atoms with Crippen molar-refractivity contribution in [2.75, 3.05) is 26.2 Å². The number of carbonyl (C=O) groups excluding carboxylic acids is 4. The number of hydrogen-bond acceptors (Lipinski definition) is 8. The van der Waals surface area contributed by atoms with Gasteiger partial charge >= 0.3 is 19.3 Å². The molecule has 278 valence electrons. The molecule has 52 heavy (non-hydrogen) atoms. The largest absolute Gasteiger partial charge is 0.481 e. The zero-order valence-corrected chi connectivity index (χ0v) is 31.0. The van der Waals surface area contributed by atoms with Crippen molar-refractivity contribution in [2.45, 2.75) is 102 Å². The maximum atomic E-state index is 13.6. The first-order valence-corrected chi connectivity index (χ1v) is 18.6. The van der Waals surface area contributed by atoms with Gasteiger partial charge in [0, 0.05) is 12.5 Å². The van der Waals surface area contributed by atoms with Crippen LogP contribution in [0.4, 0.5) is 9.59 Å².